The van der Waals surface area contributed by atoms with Gasteiger partial charge in [-0.2, -0.15) is 13.2 Å². The molecule has 1 atom stereocenters. The van der Waals surface area contributed by atoms with Gasteiger partial charge in [0.1, 0.15) is 17.7 Å². The molecule has 1 heterocycles. The maximum Gasteiger partial charge on any atom is 0.389 e. The van der Waals surface area contributed by atoms with Gasteiger partial charge in [0, 0.05) is 36.6 Å². The summed E-state index contributed by atoms with van der Waals surface area (Å²) in [7, 11) is 1.73. The van der Waals surface area contributed by atoms with E-state index in [0.29, 0.717) is 42.5 Å². The van der Waals surface area contributed by atoms with E-state index in [9.17, 15) is 27.6 Å². The van der Waals surface area contributed by atoms with Crippen molar-refractivity contribution in [1.29, 1.82) is 0 Å². The molecule has 0 aromatic heterocycles. The van der Waals surface area contributed by atoms with Crippen molar-refractivity contribution in [3.63, 3.8) is 0 Å². The van der Waals surface area contributed by atoms with E-state index in [-0.39, 0.29) is 30.7 Å². The Morgan fingerprint density at radius 3 is 2.14 bits per heavy atom. The Bertz CT molecular complexity index is 1290. The number of carboxylic acids is 1. The van der Waals surface area contributed by atoms with Gasteiger partial charge in [0.25, 0.3) is 5.91 Å². The fourth-order valence-corrected chi connectivity index (χ4v) is 5.70. The number of halogens is 3. The largest absolute Gasteiger partial charge is 0.481 e. The highest BCUT2D eigenvalue weighted by Crippen LogP contribution is 2.42. The predicted molar refractivity (Wildman–Crippen MR) is 165 cm³/mol. The average molecular weight is 616 g/mol. The van der Waals surface area contributed by atoms with Crippen molar-refractivity contribution in [3.05, 3.63) is 70.8 Å². The Morgan fingerprint density at radius 1 is 1.05 bits per heavy atom. The smallest absolute Gasteiger partial charge is 0.389 e. The van der Waals surface area contributed by atoms with Crippen molar-refractivity contribution in [2.24, 2.45) is 4.99 Å². The molecule has 1 aliphatic heterocycles. The second kappa shape index (κ2) is 15.0. The number of benzene rings is 2. The second-order valence-corrected chi connectivity index (χ2v) is 12.6. The van der Waals surface area contributed by atoms with Crippen LogP contribution in [0.25, 0.3) is 0 Å². The molecular weight excluding hydrogens is 571 g/mol. The molecule has 1 saturated carbocycles. The van der Waals surface area contributed by atoms with Crippen LogP contribution in [0.1, 0.15) is 105 Å². The van der Waals surface area contributed by atoms with Gasteiger partial charge in [-0.1, -0.05) is 75.7 Å². The minimum absolute atomic E-state index is 0.0260. The number of amides is 1. The van der Waals surface area contributed by atoms with E-state index in [4.69, 9.17) is 10.1 Å². The summed E-state index contributed by atoms with van der Waals surface area (Å²) in [6.45, 7) is 7.09. The van der Waals surface area contributed by atoms with Crippen molar-refractivity contribution < 1.29 is 32.7 Å². The Kier molecular flexibility index (Phi) is 11.9. The molecule has 2 aromatic carbocycles. The minimum atomic E-state index is -4.30. The standard InChI is InChI=1S/C30H35F3N2O2.C4H9NO2/c1-28(2,3)25-13-11-23(12-14-25)26-27(37)35(29(34-26)16-5-4-6-17-29)19-24(15-18-30(31,32)33)22-9-7-21(20-36)8-10-22;1-5-3-2-4(6)7/h7-14,20,24H,4-6,15-19H2,1-3H3;5H,2-3H2,1H3,(H,6,7). The number of aliphatic imine (C=N–C) groups is 1. The van der Waals surface area contributed by atoms with Crippen LogP contribution in [0.4, 0.5) is 13.2 Å². The van der Waals surface area contributed by atoms with Gasteiger partial charge in [-0.15, -0.1) is 0 Å². The van der Waals surface area contributed by atoms with Crippen LogP contribution in [0.2, 0.25) is 0 Å². The lowest BCUT2D eigenvalue weighted by molar-refractivity contribution is -0.138. The summed E-state index contributed by atoms with van der Waals surface area (Å²) in [5.41, 5.74) is 2.70. The topological polar surface area (TPSA) is 99.1 Å². The van der Waals surface area contributed by atoms with Crippen LogP contribution in [-0.2, 0) is 15.0 Å². The van der Waals surface area contributed by atoms with Crippen LogP contribution in [0.3, 0.4) is 0 Å². The fourth-order valence-electron chi connectivity index (χ4n) is 5.70. The average Bonchev–Trinajstić information content (AvgIpc) is 3.23. The molecule has 7 nitrogen and oxygen atoms in total. The van der Waals surface area contributed by atoms with E-state index in [0.717, 1.165) is 30.4 Å². The van der Waals surface area contributed by atoms with Gasteiger partial charge < -0.3 is 15.3 Å². The molecule has 240 valence electrons. The number of hydrogen-bond donors (Lipinski definition) is 2. The summed E-state index contributed by atoms with van der Waals surface area (Å²) in [4.78, 5) is 41.4. The lowest BCUT2D eigenvalue weighted by Crippen LogP contribution is -2.49. The number of nitrogens with zero attached hydrogens (tertiary/aromatic N) is 2. The summed E-state index contributed by atoms with van der Waals surface area (Å²) >= 11 is 0. The highest BCUT2D eigenvalue weighted by Gasteiger charge is 2.48. The van der Waals surface area contributed by atoms with Gasteiger partial charge in [0.05, 0.1) is 6.42 Å². The Hall–Kier alpha value is -3.53. The third-order valence-electron chi connectivity index (χ3n) is 8.26. The number of aliphatic carboxylic acids is 1. The van der Waals surface area contributed by atoms with E-state index in [1.807, 2.05) is 24.3 Å². The lowest BCUT2D eigenvalue weighted by atomic mass is 9.86. The number of rotatable bonds is 10. The van der Waals surface area contributed by atoms with Gasteiger partial charge >= 0.3 is 12.1 Å². The first kappa shape index (κ1) is 35.0. The highest BCUT2D eigenvalue weighted by atomic mass is 19.4. The van der Waals surface area contributed by atoms with Crippen LogP contribution in [0, 0.1) is 0 Å². The summed E-state index contributed by atoms with van der Waals surface area (Å²) in [6, 6.07) is 14.5. The predicted octanol–water partition coefficient (Wildman–Crippen LogP) is 6.90. The molecule has 1 unspecified atom stereocenters. The number of carboxylic acid groups (broad SMARTS) is 1. The highest BCUT2D eigenvalue weighted by molar-refractivity contribution is 6.46. The van der Waals surface area contributed by atoms with Crippen LogP contribution in [-0.4, -0.2) is 65.9 Å². The molecule has 0 radical (unpaired) electrons. The number of carbonyl (C=O) groups is 3. The number of aldehydes is 1. The van der Waals surface area contributed by atoms with Gasteiger partial charge in [-0.05, 0) is 55.7 Å². The zero-order chi connectivity index (χ0) is 32.5. The van der Waals surface area contributed by atoms with Gasteiger partial charge in [-0.3, -0.25) is 19.4 Å². The maximum atomic E-state index is 13.9. The van der Waals surface area contributed by atoms with Gasteiger partial charge in [0.15, 0.2) is 0 Å². The van der Waals surface area contributed by atoms with E-state index in [2.05, 4.69) is 26.1 Å². The molecule has 2 aromatic rings. The molecule has 1 fully saturated rings. The second-order valence-electron chi connectivity index (χ2n) is 12.6. The summed E-state index contributed by atoms with van der Waals surface area (Å²) in [5, 5.41) is 10.7. The van der Waals surface area contributed by atoms with Crippen molar-refractivity contribution in [3.8, 4) is 0 Å². The third kappa shape index (κ3) is 9.48. The first-order chi connectivity index (χ1) is 20.7. The van der Waals surface area contributed by atoms with Crippen molar-refractivity contribution in [1.82, 2.24) is 10.2 Å². The van der Waals surface area contributed by atoms with Crippen molar-refractivity contribution in [2.75, 3.05) is 20.1 Å². The Labute approximate surface area is 257 Å². The van der Waals surface area contributed by atoms with Crippen molar-refractivity contribution >= 4 is 23.9 Å². The van der Waals surface area contributed by atoms with Gasteiger partial charge in [0.2, 0.25) is 0 Å². The number of nitrogens with one attached hydrogen (secondary N) is 1. The van der Waals surface area contributed by atoms with E-state index < -0.39 is 30.1 Å². The fraction of sp³-hybridized carbons (Fsp3) is 0.529. The minimum Gasteiger partial charge on any atom is -0.481 e. The summed E-state index contributed by atoms with van der Waals surface area (Å²) in [5.74, 6) is -1.50. The number of carbonyl (C=O) groups excluding carboxylic acids is 2. The summed E-state index contributed by atoms with van der Waals surface area (Å²) in [6.07, 6.45) is -0.151. The normalized spacial score (nSPS) is 17.1. The van der Waals surface area contributed by atoms with E-state index in [1.165, 1.54) is 0 Å². The molecule has 2 N–H and O–H groups in total. The summed E-state index contributed by atoms with van der Waals surface area (Å²) < 4.78 is 39.7. The monoisotopic (exact) mass is 615 g/mol. The van der Waals surface area contributed by atoms with Gasteiger partial charge in [-0.25, -0.2) is 0 Å². The lowest BCUT2D eigenvalue weighted by Gasteiger charge is -2.41. The van der Waals surface area contributed by atoms with Crippen LogP contribution in [0.15, 0.2) is 53.5 Å². The van der Waals surface area contributed by atoms with Crippen LogP contribution >= 0.6 is 0 Å². The Morgan fingerprint density at radius 2 is 1.66 bits per heavy atom. The quantitative estimate of drug-likeness (QED) is 0.284. The maximum absolute atomic E-state index is 13.9. The third-order valence-corrected chi connectivity index (χ3v) is 8.26. The van der Waals surface area contributed by atoms with Crippen LogP contribution in [0.5, 0.6) is 0 Å². The molecule has 2 aliphatic rings. The zero-order valence-electron chi connectivity index (χ0n) is 26.0. The zero-order valence-corrected chi connectivity index (χ0v) is 26.0. The molecule has 44 heavy (non-hydrogen) atoms. The van der Waals surface area contributed by atoms with Crippen LogP contribution < -0.4 is 5.32 Å². The molecule has 10 heteroatoms. The first-order valence-corrected chi connectivity index (χ1v) is 15.2. The molecule has 1 spiro atoms. The SMILES string of the molecule is CC(C)(C)c1ccc(C2=NC3(CCCCC3)N(CC(CCC(F)(F)F)c3ccc(C=O)cc3)C2=O)cc1.CNCCC(=O)O. The van der Waals surface area contributed by atoms with E-state index >= 15 is 0 Å². The molecule has 0 bridgehead atoms. The van der Waals surface area contributed by atoms with E-state index in [1.54, 1.807) is 36.2 Å². The molecule has 1 amide bonds. The molecule has 1 aliphatic carbocycles. The number of hydrogen-bond acceptors (Lipinski definition) is 5. The molecule has 0 saturated heterocycles. The first-order valence-electron chi connectivity index (χ1n) is 15.2. The number of alkyl halides is 3. The van der Waals surface area contributed by atoms with Crippen molar-refractivity contribution in [2.45, 2.75) is 95.3 Å². The molecule has 4 rings (SSSR count). The Balaban J connectivity index is 0.000000676. The molecular formula is C34H44F3N3O4.